The molecule has 0 bridgehead atoms. The maximum Gasteiger partial charge on any atom is 0.200 e. The van der Waals surface area contributed by atoms with Gasteiger partial charge in [0.25, 0.3) is 0 Å². The topological polar surface area (TPSA) is 117 Å². The maximum atomic E-state index is 10.5. The van der Waals surface area contributed by atoms with Crippen LogP contribution in [0.5, 0.6) is 17.2 Å². The number of carbonyl (C=O) groups is 1. The van der Waals surface area contributed by atoms with Gasteiger partial charge in [-0.2, -0.15) is 0 Å². The summed E-state index contributed by atoms with van der Waals surface area (Å²) in [6.45, 7) is 0. The minimum absolute atomic E-state index is 0. The van der Waals surface area contributed by atoms with Crippen LogP contribution in [0, 0.1) is 0 Å². The Kier molecular flexibility index (Phi) is 6.93. The summed E-state index contributed by atoms with van der Waals surface area (Å²) in [6.07, 6.45) is 0.657. The fourth-order valence-corrected chi connectivity index (χ4v) is 0.982. The van der Waals surface area contributed by atoms with Crippen LogP contribution in [0.3, 0.4) is 0 Å². The highest BCUT2D eigenvalue weighted by Crippen LogP contribution is 2.36. The van der Waals surface area contributed by atoms with Crippen LogP contribution in [0.4, 0.5) is 0 Å². The van der Waals surface area contributed by atoms with E-state index in [9.17, 15) is 9.90 Å². The first kappa shape index (κ1) is 15.7. The molecular formula is C9H10N2O4. The lowest BCUT2D eigenvalue weighted by atomic mass is 10.2. The molecule has 0 saturated heterocycles. The number of rotatable bonds is 3. The van der Waals surface area contributed by atoms with E-state index in [1.165, 1.54) is 26.4 Å². The summed E-state index contributed by atoms with van der Waals surface area (Å²) in [6, 6.07) is 2.87. The fraction of sp³-hybridized carbons (Fsp3) is 0.222. The van der Waals surface area contributed by atoms with Crippen LogP contribution in [0.1, 0.15) is 10.4 Å². The number of ether oxygens (including phenoxy) is 2. The minimum Gasteiger partial charge on any atom is -0.502 e. The van der Waals surface area contributed by atoms with Crippen molar-refractivity contribution in [2.45, 2.75) is 0 Å². The van der Waals surface area contributed by atoms with Gasteiger partial charge in [-0.15, -0.1) is 0 Å². The van der Waals surface area contributed by atoms with E-state index in [0.717, 1.165) is 0 Å². The molecule has 0 aliphatic rings. The maximum absolute atomic E-state index is 10.5. The Morgan fingerprint density at radius 3 is 1.80 bits per heavy atom. The van der Waals surface area contributed by atoms with Gasteiger partial charge in [-0.3, -0.25) is 4.79 Å². The van der Waals surface area contributed by atoms with Crippen LogP contribution in [0.25, 0.3) is 0 Å². The van der Waals surface area contributed by atoms with Crippen molar-refractivity contribution < 1.29 is 19.4 Å². The van der Waals surface area contributed by atoms with Crippen molar-refractivity contribution in [3.05, 3.63) is 17.7 Å². The second kappa shape index (κ2) is 6.63. The van der Waals surface area contributed by atoms with Crippen LogP contribution >= 0.6 is 0 Å². The fourth-order valence-electron chi connectivity index (χ4n) is 0.982. The predicted molar refractivity (Wildman–Crippen MR) is 50.9 cm³/mol. The van der Waals surface area contributed by atoms with Gasteiger partial charge in [0.2, 0.25) is 5.75 Å². The zero-order valence-corrected chi connectivity index (χ0v) is 8.30. The van der Waals surface area contributed by atoms with Gasteiger partial charge in [0.15, 0.2) is 11.5 Å². The molecular weight excluding hydrogens is 200 g/mol. The number of aromatic hydroxyl groups is 1. The number of carbonyl (C=O) groups excluding carboxylic acids is 1. The third-order valence-electron chi connectivity index (χ3n) is 1.64. The van der Waals surface area contributed by atoms with Crippen LogP contribution < -0.4 is 21.8 Å². The Balaban J connectivity index is 0. The zero-order valence-electron chi connectivity index (χ0n) is 8.30. The van der Waals surface area contributed by atoms with Crippen molar-refractivity contribution in [2.24, 2.45) is 0 Å². The molecule has 0 unspecified atom stereocenters. The number of methoxy groups -OCH3 is 2. The molecule has 0 aliphatic heterocycles. The molecule has 0 aliphatic carbocycles. The average molecular weight is 210 g/mol. The van der Waals surface area contributed by atoms with Crippen molar-refractivity contribution in [1.82, 2.24) is 12.3 Å². The summed E-state index contributed by atoms with van der Waals surface area (Å²) >= 11 is 0. The predicted octanol–water partition coefficient (Wildman–Crippen LogP) is 0.261. The molecule has 1 aromatic carbocycles. The summed E-state index contributed by atoms with van der Waals surface area (Å²) < 4.78 is 9.68. The number of phenols is 1. The molecule has 0 heterocycles. The summed E-state index contributed by atoms with van der Waals surface area (Å²) in [5.74, 6) is 0.346. The van der Waals surface area contributed by atoms with Gasteiger partial charge in [0, 0.05) is 17.9 Å². The second-order valence-electron chi connectivity index (χ2n) is 2.39. The quantitative estimate of drug-likeness (QED) is 0.720. The van der Waals surface area contributed by atoms with Crippen molar-refractivity contribution in [3.8, 4) is 17.2 Å². The Morgan fingerprint density at radius 1 is 1.13 bits per heavy atom. The standard InChI is InChI=1S/C9H10O4.2N/c1-12-7-3-6(5-10)4-8(13-2)9(7)11;;/h3-5,11H,1-2H3;;. The van der Waals surface area contributed by atoms with Gasteiger partial charge in [-0.1, -0.05) is 0 Å². The highest BCUT2D eigenvalue weighted by Gasteiger charge is 2.10. The molecule has 0 atom stereocenters. The van der Waals surface area contributed by atoms with E-state index in [2.05, 4.69) is 0 Å². The Hall–Kier alpha value is -1.79. The molecule has 1 aromatic rings. The summed E-state index contributed by atoms with van der Waals surface area (Å²) in [4.78, 5) is 10.5. The highest BCUT2D eigenvalue weighted by atomic mass is 16.5. The first-order valence-corrected chi connectivity index (χ1v) is 3.63. The van der Waals surface area contributed by atoms with Gasteiger partial charge in [0.1, 0.15) is 6.29 Å². The lowest BCUT2D eigenvalue weighted by molar-refractivity contribution is 0.112. The second-order valence-corrected chi connectivity index (χ2v) is 2.39. The Bertz CT molecular complexity index is 303. The van der Waals surface area contributed by atoms with Crippen LogP contribution in [-0.2, 0) is 0 Å². The number of phenolic OH excluding ortho intramolecular Hbond substituents is 1. The van der Waals surface area contributed by atoms with Gasteiger partial charge in [-0.05, 0) is 12.1 Å². The van der Waals surface area contributed by atoms with E-state index in [1.54, 1.807) is 0 Å². The molecule has 6 radical (unpaired) electrons. The number of hydrogen-bond donors (Lipinski definition) is 1. The van der Waals surface area contributed by atoms with Crippen LogP contribution in [0.2, 0.25) is 0 Å². The third kappa shape index (κ3) is 3.12. The number of nitrogens with zero attached hydrogens (tertiary/aromatic N) is 2. The summed E-state index contributed by atoms with van der Waals surface area (Å²) in [5.41, 5.74) is 0.395. The number of benzene rings is 1. The smallest absolute Gasteiger partial charge is 0.200 e. The molecule has 0 fully saturated rings. The molecule has 6 heteroatoms. The Labute approximate surface area is 88.0 Å². The zero-order chi connectivity index (χ0) is 9.84. The SMILES string of the molecule is COc1cc(C=O)cc(OC)c1O.[N].[N]. The summed E-state index contributed by atoms with van der Waals surface area (Å²) in [5, 5.41) is 9.44. The molecule has 1 rings (SSSR count). The highest BCUT2D eigenvalue weighted by molar-refractivity contribution is 5.78. The van der Waals surface area contributed by atoms with Crippen molar-refractivity contribution in [1.29, 1.82) is 0 Å². The molecule has 15 heavy (non-hydrogen) atoms. The normalized spacial score (nSPS) is 8.13. The molecule has 0 aromatic heterocycles. The molecule has 80 valence electrons. The molecule has 0 saturated carbocycles. The van der Waals surface area contributed by atoms with Crippen molar-refractivity contribution in [2.75, 3.05) is 14.2 Å². The van der Waals surface area contributed by atoms with E-state index in [1.807, 2.05) is 0 Å². The first-order valence-electron chi connectivity index (χ1n) is 3.63. The van der Waals surface area contributed by atoms with Gasteiger partial charge >= 0.3 is 0 Å². The number of aldehydes is 1. The van der Waals surface area contributed by atoms with Gasteiger partial charge < -0.3 is 14.6 Å². The molecule has 1 N–H and O–H groups in total. The molecule has 0 spiro atoms. The monoisotopic (exact) mass is 210 g/mol. The molecule has 0 amide bonds. The first-order chi connectivity index (χ1) is 6.22. The third-order valence-corrected chi connectivity index (χ3v) is 1.64. The van der Waals surface area contributed by atoms with Crippen molar-refractivity contribution in [3.63, 3.8) is 0 Å². The Morgan fingerprint density at radius 2 is 1.53 bits per heavy atom. The van der Waals surface area contributed by atoms with E-state index < -0.39 is 0 Å². The largest absolute Gasteiger partial charge is 0.502 e. The van der Waals surface area contributed by atoms with E-state index >= 15 is 0 Å². The van der Waals surface area contributed by atoms with Gasteiger partial charge in [0.05, 0.1) is 14.2 Å². The molecule has 6 nitrogen and oxygen atoms in total. The lowest BCUT2D eigenvalue weighted by Gasteiger charge is -2.08. The lowest BCUT2D eigenvalue weighted by Crippen LogP contribution is -1.91. The van der Waals surface area contributed by atoms with Crippen molar-refractivity contribution >= 4 is 6.29 Å². The number of hydrogen-bond acceptors (Lipinski definition) is 4. The van der Waals surface area contributed by atoms with Crippen LogP contribution in [-0.4, -0.2) is 25.6 Å². The van der Waals surface area contributed by atoms with E-state index in [0.29, 0.717) is 11.8 Å². The van der Waals surface area contributed by atoms with E-state index in [-0.39, 0.29) is 29.5 Å². The van der Waals surface area contributed by atoms with E-state index in [4.69, 9.17) is 9.47 Å². The van der Waals surface area contributed by atoms with Crippen LogP contribution in [0.15, 0.2) is 12.1 Å². The summed E-state index contributed by atoms with van der Waals surface area (Å²) in [7, 11) is 2.81. The minimum atomic E-state index is -0.101. The average Bonchev–Trinajstić information content (AvgIpc) is 2.18. The van der Waals surface area contributed by atoms with Gasteiger partial charge in [-0.25, -0.2) is 0 Å².